The largest absolute Gasteiger partial charge is 0.313 e. The van der Waals surface area contributed by atoms with Gasteiger partial charge in [0.2, 0.25) is 0 Å². The predicted molar refractivity (Wildman–Crippen MR) is 80.6 cm³/mol. The third-order valence-corrected chi connectivity index (χ3v) is 3.55. The predicted octanol–water partition coefficient (Wildman–Crippen LogP) is 4.30. The fourth-order valence-electron chi connectivity index (χ4n) is 2.37. The zero-order valence-electron chi connectivity index (χ0n) is 12.6. The van der Waals surface area contributed by atoms with E-state index >= 15 is 0 Å². The Labute approximate surface area is 119 Å². The molecule has 0 aliphatic heterocycles. The molecule has 1 aromatic heterocycles. The van der Waals surface area contributed by atoms with Crippen LogP contribution in [0.5, 0.6) is 0 Å². The van der Waals surface area contributed by atoms with Crippen molar-refractivity contribution in [3.63, 3.8) is 0 Å². The number of rotatable bonds is 2. The Morgan fingerprint density at radius 1 is 1.05 bits per heavy atom. The number of nitro benzene ring substituents is 1. The zero-order valence-corrected chi connectivity index (χ0v) is 12.6. The summed E-state index contributed by atoms with van der Waals surface area (Å²) >= 11 is 0. The molecule has 106 valence electrons. The Bertz CT molecular complexity index is 644. The molecule has 0 saturated heterocycles. The first-order chi connectivity index (χ1) is 9.21. The summed E-state index contributed by atoms with van der Waals surface area (Å²) in [6, 6.07) is 9.45. The van der Waals surface area contributed by atoms with Gasteiger partial charge < -0.3 is 4.57 Å². The molecule has 0 saturated carbocycles. The van der Waals surface area contributed by atoms with Gasteiger partial charge in [0.25, 0.3) is 5.69 Å². The summed E-state index contributed by atoms with van der Waals surface area (Å²) in [5.74, 6) is 0. The molecule has 2 aromatic rings. The maximum Gasteiger partial charge on any atom is 0.293 e. The van der Waals surface area contributed by atoms with E-state index in [1.54, 1.807) is 6.07 Å². The average molecular weight is 272 g/mol. The van der Waals surface area contributed by atoms with Crippen LogP contribution in [0.2, 0.25) is 0 Å². The first-order valence-electron chi connectivity index (χ1n) is 6.66. The lowest BCUT2D eigenvalue weighted by molar-refractivity contribution is -0.384. The summed E-state index contributed by atoms with van der Waals surface area (Å²) in [6.07, 6.45) is 0. The molecule has 0 spiro atoms. The van der Waals surface area contributed by atoms with Crippen LogP contribution < -0.4 is 0 Å². The van der Waals surface area contributed by atoms with Gasteiger partial charge in [-0.15, -0.1) is 0 Å². The number of aryl methyl sites for hydroxylation is 2. The highest BCUT2D eigenvalue weighted by atomic mass is 16.6. The van der Waals surface area contributed by atoms with Crippen LogP contribution in [0, 0.1) is 24.0 Å². The van der Waals surface area contributed by atoms with Gasteiger partial charge in [0.15, 0.2) is 0 Å². The summed E-state index contributed by atoms with van der Waals surface area (Å²) in [4.78, 5) is 11.1. The van der Waals surface area contributed by atoms with Crippen LogP contribution in [0.3, 0.4) is 0 Å². The molecule has 0 amide bonds. The lowest BCUT2D eigenvalue weighted by Gasteiger charge is -2.20. The maximum atomic E-state index is 11.4. The number of aromatic nitrogens is 1. The van der Waals surface area contributed by atoms with Crippen molar-refractivity contribution in [2.24, 2.45) is 0 Å². The SMILES string of the molecule is Cc1ccc(C)n1-c1ccc(C(C)(C)C)cc1[N+](=O)[O-]. The van der Waals surface area contributed by atoms with E-state index in [1.165, 1.54) is 0 Å². The molecular weight excluding hydrogens is 252 g/mol. The summed E-state index contributed by atoms with van der Waals surface area (Å²) < 4.78 is 1.92. The number of hydrogen-bond acceptors (Lipinski definition) is 2. The molecule has 0 fully saturated rings. The molecule has 1 aromatic carbocycles. The summed E-state index contributed by atoms with van der Waals surface area (Å²) in [7, 11) is 0. The summed E-state index contributed by atoms with van der Waals surface area (Å²) in [6.45, 7) is 10.1. The van der Waals surface area contributed by atoms with Crippen molar-refractivity contribution in [3.8, 4) is 5.69 Å². The van der Waals surface area contributed by atoms with Crippen molar-refractivity contribution in [2.75, 3.05) is 0 Å². The van der Waals surface area contributed by atoms with E-state index in [-0.39, 0.29) is 16.0 Å². The van der Waals surface area contributed by atoms with Crippen molar-refractivity contribution < 1.29 is 4.92 Å². The minimum absolute atomic E-state index is 0.107. The Hall–Kier alpha value is -2.10. The normalized spacial score (nSPS) is 11.7. The number of nitro groups is 1. The second-order valence-corrected chi connectivity index (χ2v) is 6.16. The monoisotopic (exact) mass is 272 g/mol. The van der Waals surface area contributed by atoms with Crippen LogP contribution in [0.25, 0.3) is 5.69 Å². The second kappa shape index (κ2) is 4.78. The number of benzene rings is 1. The van der Waals surface area contributed by atoms with E-state index in [2.05, 4.69) is 20.8 Å². The fourth-order valence-corrected chi connectivity index (χ4v) is 2.37. The first kappa shape index (κ1) is 14.3. The third-order valence-electron chi connectivity index (χ3n) is 3.55. The van der Waals surface area contributed by atoms with Gasteiger partial charge in [-0.2, -0.15) is 0 Å². The van der Waals surface area contributed by atoms with Crippen LogP contribution >= 0.6 is 0 Å². The highest BCUT2D eigenvalue weighted by Crippen LogP contribution is 2.32. The Morgan fingerprint density at radius 3 is 2.05 bits per heavy atom. The number of nitrogens with zero attached hydrogens (tertiary/aromatic N) is 2. The molecule has 0 radical (unpaired) electrons. The quantitative estimate of drug-likeness (QED) is 0.604. The molecule has 0 aliphatic carbocycles. The molecule has 1 heterocycles. The second-order valence-electron chi connectivity index (χ2n) is 6.16. The van der Waals surface area contributed by atoms with Gasteiger partial charge in [-0.1, -0.05) is 26.8 Å². The molecule has 0 atom stereocenters. The van der Waals surface area contributed by atoms with E-state index < -0.39 is 0 Å². The van der Waals surface area contributed by atoms with Gasteiger partial charge in [-0.05, 0) is 43.0 Å². The Kier molecular flexibility index (Phi) is 3.42. The minimum atomic E-state index is -0.302. The Balaban J connectivity index is 2.69. The molecule has 4 nitrogen and oxygen atoms in total. The summed E-state index contributed by atoms with van der Waals surface area (Å²) in [5, 5.41) is 11.4. The van der Waals surface area contributed by atoms with Crippen LogP contribution in [0.15, 0.2) is 30.3 Å². The smallest absolute Gasteiger partial charge is 0.293 e. The maximum absolute atomic E-state index is 11.4. The molecule has 0 aliphatic rings. The van der Waals surface area contributed by atoms with E-state index in [1.807, 2.05) is 42.7 Å². The fraction of sp³-hybridized carbons (Fsp3) is 0.375. The van der Waals surface area contributed by atoms with E-state index in [0.717, 1.165) is 17.0 Å². The summed E-state index contributed by atoms with van der Waals surface area (Å²) in [5.41, 5.74) is 3.63. The van der Waals surface area contributed by atoms with Crippen molar-refractivity contribution in [1.82, 2.24) is 4.57 Å². The molecule has 0 bridgehead atoms. The van der Waals surface area contributed by atoms with Gasteiger partial charge in [-0.3, -0.25) is 10.1 Å². The number of hydrogen-bond donors (Lipinski definition) is 0. The molecular formula is C16H20N2O2. The van der Waals surface area contributed by atoms with Crippen molar-refractivity contribution in [3.05, 3.63) is 57.4 Å². The van der Waals surface area contributed by atoms with Gasteiger partial charge in [0, 0.05) is 17.5 Å². The van der Waals surface area contributed by atoms with Crippen molar-refractivity contribution in [2.45, 2.75) is 40.0 Å². The van der Waals surface area contributed by atoms with E-state index in [4.69, 9.17) is 0 Å². The lowest BCUT2D eigenvalue weighted by Crippen LogP contribution is -2.12. The Morgan fingerprint density at radius 2 is 1.60 bits per heavy atom. The van der Waals surface area contributed by atoms with Gasteiger partial charge in [0.05, 0.1) is 4.92 Å². The van der Waals surface area contributed by atoms with Crippen molar-refractivity contribution in [1.29, 1.82) is 0 Å². The molecule has 0 unspecified atom stereocenters. The molecule has 4 heteroatoms. The van der Waals surface area contributed by atoms with E-state index in [9.17, 15) is 10.1 Å². The first-order valence-corrected chi connectivity index (χ1v) is 6.66. The topological polar surface area (TPSA) is 48.1 Å². The van der Waals surface area contributed by atoms with Crippen LogP contribution in [0.1, 0.15) is 37.7 Å². The third kappa shape index (κ3) is 2.46. The molecule has 0 N–H and O–H groups in total. The van der Waals surface area contributed by atoms with Gasteiger partial charge in [0.1, 0.15) is 5.69 Å². The highest BCUT2D eigenvalue weighted by Gasteiger charge is 2.22. The van der Waals surface area contributed by atoms with E-state index in [0.29, 0.717) is 5.69 Å². The van der Waals surface area contributed by atoms with Crippen molar-refractivity contribution >= 4 is 5.69 Å². The zero-order chi connectivity index (χ0) is 15.1. The average Bonchev–Trinajstić information content (AvgIpc) is 2.67. The van der Waals surface area contributed by atoms with Crippen LogP contribution in [-0.2, 0) is 5.41 Å². The van der Waals surface area contributed by atoms with Crippen LogP contribution in [-0.4, -0.2) is 9.49 Å². The van der Waals surface area contributed by atoms with Gasteiger partial charge >= 0.3 is 0 Å². The van der Waals surface area contributed by atoms with Crippen LogP contribution in [0.4, 0.5) is 5.69 Å². The lowest BCUT2D eigenvalue weighted by atomic mass is 9.86. The molecule has 2 rings (SSSR count). The standard InChI is InChI=1S/C16H20N2O2/c1-11-6-7-12(2)17(11)14-9-8-13(16(3,4)5)10-15(14)18(19)20/h6-10H,1-5H3. The highest BCUT2D eigenvalue weighted by molar-refractivity contribution is 5.57. The minimum Gasteiger partial charge on any atom is -0.313 e. The molecule has 20 heavy (non-hydrogen) atoms. The van der Waals surface area contributed by atoms with Gasteiger partial charge in [-0.25, -0.2) is 0 Å².